The zero-order valence-corrected chi connectivity index (χ0v) is 15.8. The van der Waals surface area contributed by atoms with E-state index >= 15 is 0 Å². The number of carbonyl (C=O) groups excluding carboxylic acids is 1. The van der Waals surface area contributed by atoms with E-state index in [0.29, 0.717) is 5.75 Å². The Morgan fingerprint density at radius 1 is 1.28 bits per heavy atom. The molecule has 1 amide bonds. The fourth-order valence-corrected chi connectivity index (χ4v) is 3.81. The number of hydrogen-bond acceptors (Lipinski definition) is 4. The zero-order valence-electron chi connectivity index (χ0n) is 15.0. The van der Waals surface area contributed by atoms with Crippen LogP contribution in [0.1, 0.15) is 25.7 Å². The van der Waals surface area contributed by atoms with Crippen molar-refractivity contribution in [2.45, 2.75) is 25.7 Å². The van der Waals surface area contributed by atoms with E-state index in [1.54, 1.807) is 7.11 Å². The van der Waals surface area contributed by atoms with Gasteiger partial charge in [0.1, 0.15) is 5.75 Å². The molecule has 2 aliphatic heterocycles. The van der Waals surface area contributed by atoms with Crippen LogP contribution in [-0.4, -0.2) is 50.6 Å². The third-order valence-corrected chi connectivity index (χ3v) is 5.24. The summed E-state index contributed by atoms with van der Waals surface area (Å²) in [7, 11) is 1.63. The van der Waals surface area contributed by atoms with Crippen LogP contribution in [0.15, 0.2) is 24.3 Å². The van der Waals surface area contributed by atoms with Crippen LogP contribution >= 0.6 is 12.4 Å². The monoisotopic (exact) mass is 367 g/mol. The van der Waals surface area contributed by atoms with Crippen molar-refractivity contribution in [3.05, 3.63) is 24.3 Å². The van der Waals surface area contributed by atoms with Gasteiger partial charge in [-0.25, -0.2) is 0 Å². The number of amides is 1. The van der Waals surface area contributed by atoms with Crippen molar-refractivity contribution in [2.24, 2.45) is 11.8 Å². The van der Waals surface area contributed by atoms with Crippen LogP contribution in [0.3, 0.4) is 0 Å². The molecule has 2 aliphatic rings. The van der Waals surface area contributed by atoms with Gasteiger partial charge in [0.15, 0.2) is 0 Å². The molecule has 1 unspecified atom stereocenters. The van der Waals surface area contributed by atoms with Crippen LogP contribution in [0.25, 0.3) is 0 Å². The van der Waals surface area contributed by atoms with Crippen LogP contribution in [0.4, 0.5) is 5.69 Å². The second kappa shape index (κ2) is 10.00. The Balaban J connectivity index is 0.00000225. The third kappa shape index (κ3) is 5.59. The lowest BCUT2D eigenvalue weighted by molar-refractivity contribution is -0.121. The van der Waals surface area contributed by atoms with Gasteiger partial charge in [0.2, 0.25) is 5.91 Å². The summed E-state index contributed by atoms with van der Waals surface area (Å²) in [4.78, 5) is 15.1. The maximum Gasteiger partial charge on any atom is 0.227 e. The van der Waals surface area contributed by atoms with E-state index in [-0.39, 0.29) is 24.2 Å². The molecule has 1 atom stereocenters. The average molecular weight is 368 g/mol. The Kier molecular flexibility index (Phi) is 8.00. The Morgan fingerprint density at radius 2 is 2.04 bits per heavy atom. The van der Waals surface area contributed by atoms with E-state index in [1.165, 1.54) is 25.9 Å². The molecular weight excluding hydrogens is 338 g/mol. The highest BCUT2D eigenvalue weighted by molar-refractivity contribution is 5.94. The first-order valence-electron chi connectivity index (χ1n) is 9.13. The number of nitrogens with one attached hydrogen (secondary N) is 2. The summed E-state index contributed by atoms with van der Waals surface area (Å²) >= 11 is 0. The summed E-state index contributed by atoms with van der Waals surface area (Å²) in [5.74, 6) is 1.72. The minimum atomic E-state index is 0. The molecule has 0 saturated carbocycles. The molecule has 6 heteroatoms. The molecular formula is C19H30ClN3O2. The molecule has 2 heterocycles. The summed E-state index contributed by atoms with van der Waals surface area (Å²) in [6, 6.07) is 7.59. The maximum atomic E-state index is 12.5. The third-order valence-electron chi connectivity index (χ3n) is 5.24. The summed E-state index contributed by atoms with van der Waals surface area (Å²) in [5, 5.41) is 6.52. The molecule has 0 spiro atoms. The van der Waals surface area contributed by atoms with Gasteiger partial charge in [-0.3, -0.25) is 4.79 Å². The highest BCUT2D eigenvalue weighted by Gasteiger charge is 2.27. The molecule has 0 aromatic heterocycles. The van der Waals surface area contributed by atoms with Crippen LogP contribution in [0.5, 0.6) is 5.75 Å². The fourth-order valence-electron chi connectivity index (χ4n) is 3.81. The van der Waals surface area contributed by atoms with Crippen molar-refractivity contribution in [1.82, 2.24) is 10.2 Å². The summed E-state index contributed by atoms with van der Waals surface area (Å²) in [6.07, 6.45) is 4.52. The van der Waals surface area contributed by atoms with Crippen molar-refractivity contribution < 1.29 is 9.53 Å². The number of benzene rings is 1. The van der Waals surface area contributed by atoms with E-state index in [0.717, 1.165) is 44.1 Å². The predicted octanol–water partition coefficient (Wildman–Crippen LogP) is 2.77. The first-order chi connectivity index (χ1) is 11.8. The number of para-hydroxylation sites is 2. The number of rotatable bonds is 5. The molecule has 2 fully saturated rings. The normalized spacial score (nSPS) is 22.0. The lowest BCUT2D eigenvalue weighted by Gasteiger charge is -2.35. The van der Waals surface area contributed by atoms with Crippen molar-refractivity contribution in [3.8, 4) is 5.75 Å². The van der Waals surface area contributed by atoms with Gasteiger partial charge in [-0.05, 0) is 69.9 Å². The van der Waals surface area contributed by atoms with Gasteiger partial charge in [0.05, 0.1) is 12.8 Å². The topological polar surface area (TPSA) is 53.6 Å². The quantitative estimate of drug-likeness (QED) is 0.840. The largest absolute Gasteiger partial charge is 0.495 e. The number of nitrogens with zero attached hydrogens (tertiary/aromatic N) is 1. The fraction of sp³-hybridized carbons (Fsp3) is 0.632. The van der Waals surface area contributed by atoms with Crippen molar-refractivity contribution in [3.63, 3.8) is 0 Å². The number of halogens is 1. The molecule has 1 aromatic carbocycles. The van der Waals surface area contributed by atoms with E-state index in [9.17, 15) is 4.79 Å². The SMILES string of the molecule is COc1ccccc1NC(=O)C1CCN(CC2CCCNC2)CC1.Cl. The second-order valence-electron chi connectivity index (χ2n) is 6.98. The van der Waals surface area contributed by atoms with Crippen LogP contribution in [-0.2, 0) is 4.79 Å². The van der Waals surface area contributed by atoms with Crippen LogP contribution in [0, 0.1) is 11.8 Å². The number of hydrogen-bond donors (Lipinski definition) is 2. The number of methoxy groups -OCH3 is 1. The van der Waals surface area contributed by atoms with Gasteiger partial charge in [0.25, 0.3) is 0 Å². The minimum absolute atomic E-state index is 0. The van der Waals surface area contributed by atoms with Crippen molar-refractivity contribution >= 4 is 24.0 Å². The van der Waals surface area contributed by atoms with Crippen molar-refractivity contribution in [1.29, 1.82) is 0 Å². The summed E-state index contributed by atoms with van der Waals surface area (Å²) in [5.41, 5.74) is 0.765. The lowest BCUT2D eigenvalue weighted by atomic mass is 9.93. The molecule has 1 aromatic rings. The van der Waals surface area contributed by atoms with Gasteiger partial charge in [-0.1, -0.05) is 12.1 Å². The molecule has 0 bridgehead atoms. The number of carbonyl (C=O) groups is 1. The first-order valence-corrected chi connectivity index (χ1v) is 9.13. The number of ether oxygens (including phenoxy) is 1. The standard InChI is InChI=1S/C19H29N3O2.ClH/c1-24-18-7-3-2-6-17(18)21-19(23)16-8-11-22(12-9-16)14-15-5-4-10-20-13-15;/h2-3,6-7,15-16,20H,4-5,8-14H2,1H3,(H,21,23);1H. The molecule has 2 N–H and O–H groups in total. The van der Waals surface area contributed by atoms with Gasteiger partial charge in [0, 0.05) is 12.5 Å². The smallest absolute Gasteiger partial charge is 0.227 e. The van der Waals surface area contributed by atoms with Gasteiger partial charge in [-0.2, -0.15) is 0 Å². The first kappa shape index (κ1) is 20.0. The van der Waals surface area contributed by atoms with Gasteiger partial charge in [-0.15, -0.1) is 12.4 Å². The summed E-state index contributed by atoms with van der Waals surface area (Å²) in [6.45, 7) is 5.55. The molecule has 2 saturated heterocycles. The molecule has 140 valence electrons. The lowest BCUT2D eigenvalue weighted by Crippen LogP contribution is -2.43. The second-order valence-corrected chi connectivity index (χ2v) is 6.98. The molecule has 3 rings (SSSR count). The number of anilines is 1. The predicted molar refractivity (Wildman–Crippen MR) is 104 cm³/mol. The van der Waals surface area contributed by atoms with E-state index < -0.39 is 0 Å². The van der Waals surface area contributed by atoms with E-state index in [2.05, 4.69) is 15.5 Å². The van der Waals surface area contributed by atoms with Gasteiger partial charge >= 0.3 is 0 Å². The average Bonchev–Trinajstić information content (AvgIpc) is 2.63. The van der Waals surface area contributed by atoms with Crippen molar-refractivity contribution in [2.75, 3.05) is 45.2 Å². The Morgan fingerprint density at radius 3 is 2.72 bits per heavy atom. The van der Waals surface area contributed by atoms with Crippen LogP contribution < -0.4 is 15.4 Å². The zero-order chi connectivity index (χ0) is 16.8. The highest BCUT2D eigenvalue weighted by atomic mass is 35.5. The molecule has 0 radical (unpaired) electrons. The highest BCUT2D eigenvalue weighted by Crippen LogP contribution is 2.26. The minimum Gasteiger partial charge on any atom is -0.495 e. The molecule has 5 nitrogen and oxygen atoms in total. The summed E-state index contributed by atoms with van der Waals surface area (Å²) < 4.78 is 5.31. The number of piperidine rings is 2. The van der Waals surface area contributed by atoms with E-state index in [4.69, 9.17) is 4.74 Å². The van der Waals surface area contributed by atoms with Gasteiger partial charge < -0.3 is 20.3 Å². The Bertz CT molecular complexity index is 541. The Labute approximate surface area is 156 Å². The van der Waals surface area contributed by atoms with E-state index in [1.807, 2.05) is 24.3 Å². The Hall–Kier alpha value is -1.30. The maximum absolute atomic E-state index is 12.5. The molecule has 0 aliphatic carbocycles. The van der Waals surface area contributed by atoms with Crippen LogP contribution in [0.2, 0.25) is 0 Å². The molecule has 25 heavy (non-hydrogen) atoms. The number of likely N-dealkylation sites (tertiary alicyclic amines) is 1.